The second-order valence-electron chi connectivity index (χ2n) is 5.45. The smallest absolute Gasteiger partial charge is 0.271 e. The fourth-order valence-electron chi connectivity index (χ4n) is 2.09. The van der Waals surface area contributed by atoms with Gasteiger partial charge in [0.15, 0.2) is 0 Å². The number of nitrogens with zero attached hydrogens (tertiary/aromatic N) is 1. The largest absolute Gasteiger partial charge is 0.347 e. The summed E-state index contributed by atoms with van der Waals surface area (Å²) in [7, 11) is 0. The Bertz CT molecular complexity index is 775. The van der Waals surface area contributed by atoms with E-state index in [0.717, 1.165) is 24.1 Å². The fraction of sp³-hybridized carbons (Fsp3) is 0.250. The van der Waals surface area contributed by atoms with Crippen molar-refractivity contribution in [1.82, 2.24) is 15.5 Å². The standard InChI is InChI=1S/C16H16N4O3/c21-14-7-6-13(19-20-14)16(23)17-9-10-2-1-3-12(8-10)18-15(22)11-4-5-11/h1-3,6-8,11H,4-5,9H2,(H,17,23)(H,18,22)(H,20,21). The van der Waals surface area contributed by atoms with Crippen LogP contribution in [0.25, 0.3) is 0 Å². The van der Waals surface area contributed by atoms with Crippen LogP contribution in [0.15, 0.2) is 41.2 Å². The summed E-state index contributed by atoms with van der Waals surface area (Å²) in [4.78, 5) is 34.6. The molecule has 1 aromatic carbocycles. The van der Waals surface area contributed by atoms with Gasteiger partial charge in [-0.25, -0.2) is 5.10 Å². The maximum atomic E-state index is 11.9. The molecule has 7 nitrogen and oxygen atoms in total. The molecule has 7 heteroatoms. The molecule has 0 saturated heterocycles. The molecular weight excluding hydrogens is 296 g/mol. The number of aromatic nitrogens is 2. The van der Waals surface area contributed by atoms with Crippen molar-refractivity contribution in [2.75, 3.05) is 5.32 Å². The van der Waals surface area contributed by atoms with Crippen LogP contribution < -0.4 is 16.2 Å². The molecule has 23 heavy (non-hydrogen) atoms. The Morgan fingerprint density at radius 2 is 2.04 bits per heavy atom. The van der Waals surface area contributed by atoms with Crippen molar-refractivity contribution in [3.05, 3.63) is 58.0 Å². The molecule has 0 spiro atoms. The van der Waals surface area contributed by atoms with Gasteiger partial charge in [-0.05, 0) is 36.6 Å². The summed E-state index contributed by atoms with van der Waals surface area (Å²) in [6.07, 6.45) is 1.90. The number of carbonyl (C=O) groups excluding carboxylic acids is 2. The van der Waals surface area contributed by atoms with Crippen LogP contribution in [0, 0.1) is 5.92 Å². The third-order valence-electron chi connectivity index (χ3n) is 3.51. The number of rotatable bonds is 5. The second kappa shape index (κ2) is 6.43. The van der Waals surface area contributed by atoms with Crippen LogP contribution in [0.4, 0.5) is 5.69 Å². The molecule has 1 saturated carbocycles. The van der Waals surface area contributed by atoms with Gasteiger partial charge in [-0.3, -0.25) is 14.4 Å². The van der Waals surface area contributed by atoms with Gasteiger partial charge < -0.3 is 10.6 Å². The van der Waals surface area contributed by atoms with Crippen LogP contribution >= 0.6 is 0 Å². The molecule has 1 aromatic heterocycles. The highest BCUT2D eigenvalue weighted by molar-refractivity contribution is 5.94. The van der Waals surface area contributed by atoms with E-state index in [1.165, 1.54) is 12.1 Å². The van der Waals surface area contributed by atoms with E-state index in [0.29, 0.717) is 6.54 Å². The van der Waals surface area contributed by atoms with E-state index >= 15 is 0 Å². The van der Waals surface area contributed by atoms with Crippen molar-refractivity contribution >= 4 is 17.5 Å². The lowest BCUT2D eigenvalue weighted by atomic mass is 10.2. The number of benzene rings is 1. The first kappa shape index (κ1) is 15.0. The minimum Gasteiger partial charge on any atom is -0.347 e. The van der Waals surface area contributed by atoms with Gasteiger partial charge in [-0.2, -0.15) is 5.10 Å². The maximum absolute atomic E-state index is 11.9. The molecule has 118 valence electrons. The summed E-state index contributed by atoms with van der Waals surface area (Å²) in [5, 5.41) is 11.5. The lowest BCUT2D eigenvalue weighted by molar-refractivity contribution is -0.117. The predicted molar refractivity (Wildman–Crippen MR) is 83.8 cm³/mol. The summed E-state index contributed by atoms with van der Waals surface area (Å²) in [5.74, 6) is -0.193. The van der Waals surface area contributed by atoms with Crippen molar-refractivity contribution in [1.29, 1.82) is 0 Å². The van der Waals surface area contributed by atoms with Crippen LogP contribution in [-0.2, 0) is 11.3 Å². The second-order valence-corrected chi connectivity index (χ2v) is 5.45. The van der Waals surface area contributed by atoms with Crippen LogP contribution in [-0.4, -0.2) is 22.0 Å². The zero-order chi connectivity index (χ0) is 16.2. The Labute approximate surface area is 132 Å². The number of nitrogens with one attached hydrogen (secondary N) is 3. The van der Waals surface area contributed by atoms with E-state index in [1.807, 2.05) is 24.3 Å². The topological polar surface area (TPSA) is 104 Å². The number of hydrogen-bond donors (Lipinski definition) is 3. The number of amides is 2. The average molecular weight is 312 g/mol. The molecule has 0 radical (unpaired) electrons. The molecular formula is C16H16N4O3. The van der Waals surface area contributed by atoms with Gasteiger partial charge in [-0.15, -0.1) is 0 Å². The van der Waals surface area contributed by atoms with E-state index in [9.17, 15) is 14.4 Å². The monoisotopic (exact) mass is 312 g/mol. The minimum absolute atomic E-state index is 0.0450. The SMILES string of the molecule is O=C(NCc1cccc(NC(=O)C2CC2)c1)c1ccc(=O)[nH]n1. The van der Waals surface area contributed by atoms with Crippen molar-refractivity contribution in [2.45, 2.75) is 19.4 Å². The van der Waals surface area contributed by atoms with Gasteiger partial charge >= 0.3 is 0 Å². The summed E-state index contributed by atoms with van der Waals surface area (Å²) in [6.45, 7) is 0.298. The van der Waals surface area contributed by atoms with E-state index < -0.39 is 0 Å². The highest BCUT2D eigenvalue weighted by atomic mass is 16.2. The Hall–Kier alpha value is -2.96. The molecule has 0 aliphatic heterocycles. The summed E-state index contributed by atoms with van der Waals surface area (Å²) in [5.41, 5.74) is 1.36. The summed E-state index contributed by atoms with van der Waals surface area (Å²) in [6, 6.07) is 9.92. The lowest BCUT2D eigenvalue weighted by Gasteiger charge is -2.08. The molecule has 1 fully saturated rings. The zero-order valence-corrected chi connectivity index (χ0v) is 12.3. The number of H-pyrrole nitrogens is 1. The van der Waals surface area contributed by atoms with Gasteiger partial charge in [0.2, 0.25) is 5.91 Å². The van der Waals surface area contributed by atoms with Crippen molar-refractivity contribution in [3.8, 4) is 0 Å². The molecule has 1 aliphatic rings. The Morgan fingerprint density at radius 3 is 2.74 bits per heavy atom. The fourth-order valence-corrected chi connectivity index (χ4v) is 2.09. The van der Waals surface area contributed by atoms with Crippen LogP contribution in [0.2, 0.25) is 0 Å². The van der Waals surface area contributed by atoms with E-state index in [-0.39, 0.29) is 29.0 Å². The summed E-state index contributed by atoms with van der Waals surface area (Å²) < 4.78 is 0. The quantitative estimate of drug-likeness (QED) is 0.767. The van der Waals surface area contributed by atoms with Gasteiger partial charge in [0, 0.05) is 24.2 Å². The van der Waals surface area contributed by atoms with E-state index in [1.54, 1.807) is 0 Å². The number of anilines is 1. The number of carbonyl (C=O) groups is 2. The van der Waals surface area contributed by atoms with Gasteiger partial charge in [0.25, 0.3) is 11.5 Å². The molecule has 1 aliphatic carbocycles. The Balaban J connectivity index is 1.59. The molecule has 2 amide bonds. The highest BCUT2D eigenvalue weighted by Gasteiger charge is 2.29. The van der Waals surface area contributed by atoms with Crippen LogP contribution in [0.5, 0.6) is 0 Å². The highest BCUT2D eigenvalue weighted by Crippen LogP contribution is 2.30. The zero-order valence-electron chi connectivity index (χ0n) is 12.3. The van der Waals surface area contributed by atoms with Crippen LogP contribution in [0.1, 0.15) is 28.9 Å². The molecule has 3 rings (SSSR count). The first-order chi connectivity index (χ1) is 11.1. The van der Waals surface area contributed by atoms with Crippen molar-refractivity contribution in [2.24, 2.45) is 5.92 Å². The average Bonchev–Trinajstić information content (AvgIpc) is 3.38. The molecule has 2 aromatic rings. The molecule has 3 N–H and O–H groups in total. The number of aromatic amines is 1. The number of hydrogen-bond acceptors (Lipinski definition) is 4. The maximum Gasteiger partial charge on any atom is 0.271 e. The predicted octanol–water partition coefficient (Wildman–Crippen LogP) is 1.05. The minimum atomic E-state index is -0.381. The lowest BCUT2D eigenvalue weighted by Crippen LogP contribution is -2.25. The third-order valence-corrected chi connectivity index (χ3v) is 3.51. The Kier molecular flexibility index (Phi) is 4.18. The Morgan fingerprint density at radius 1 is 1.22 bits per heavy atom. The van der Waals surface area contributed by atoms with Gasteiger partial charge in [-0.1, -0.05) is 12.1 Å². The van der Waals surface area contributed by atoms with E-state index in [2.05, 4.69) is 20.8 Å². The van der Waals surface area contributed by atoms with Gasteiger partial charge in [0.1, 0.15) is 5.69 Å². The molecule has 1 heterocycles. The molecule has 0 atom stereocenters. The van der Waals surface area contributed by atoms with Crippen LogP contribution in [0.3, 0.4) is 0 Å². The summed E-state index contributed by atoms with van der Waals surface area (Å²) >= 11 is 0. The van der Waals surface area contributed by atoms with Gasteiger partial charge in [0.05, 0.1) is 0 Å². The third kappa shape index (κ3) is 4.03. The molecule has 0 unspecified atom stereocenters. The van der Waals surface area contributed by atoms with Crippen molar-refractivity contribution in [3.63, 3.8) is 0 Å². The first-order valence-corrected chi connectivity index (χ1v) is 7.35. The molecule has 0 bridgehead atoms. The normalized spacial score (nSPS) is 13.4. The first-order valence-electron chi connectivity index (χ1n) is 7.35. The van der Waals surface area contributed by atoms with E-state index in [4.69, 9.17) is 0 Å². The van der Waals surface area contributed by atoms with Crippen molar-refractivity contribution < 1.29 is 9.59 Å².